The number of hydrogen-bond acceptors (Lipinski definition) is 6. The summed E-state index contributed by atoms with van der Waals surface area (Å²) in [5.74, 6) is -1.55. The van der Waals surface area contributed by atoms with Crippen molar-refractivity contribution in [1.82, 2.24) is 9.55 Å². The molecule has 0 atom stereocenters. The number of sulfone groups is 1. The molecule has 0 spiro atoms. The number of rotatable bonds is 3. The molecular formula is C13H7ClF4N2O5S. The van der Waals surface area contributed by atoms with Crippen LogP contribution >= 0.6 is 11.6 Å². The summed E-state index contributed by atoms with van der Waals surface area (Å²) >= 11 is 5.67. The summed E-state index contributed by atoms with van der Waals surface area (Å²) in [6.07, 6.45) is -4.53. The van der Waals surface area contributed by atoms with Crippen LogP contribution in [0.5, 0.6) is 0 Å². The third-order valence-electron chi connectivity index (χ3n) is 3.01. The summed E-state index contributed by atoms with van der Waals surface area (Å²) in [6, 6.07) is 2.88. The maximum atomic E-state index is 12.8. The van der Waals surface area contributed by atoms with Crippen LogP contribution in [-0.2, 0) is 21.0 Å². The van der Waals surface area contributed by atoms with Crippen molar-refractivity contribution in [3.8, 4) is 5.69 Å². The number of carbonyl (C=O) groups excluding carboxylic acids is 1. The van der Waals surface area contributed by atoms with E-state index in [4.69, 9.17) is 11.6 Å². The van der Waals surface area contributed by atoms with E-state index in [-0.39, 0.29) is 16.8 Å². The van der Waals surface area contributed by atoms with Gasteiger partial charge in [-0.3, -0.25) is 9.36 Å². The molecule has 1 aromatic heterocycles. The zero-order valence-corrected chi connectivity index (χ0v) is 14.1. The van der Waals surface area contributed by atoms with Crippen molar-refractivity contribution in [3.63, 3.8) is 0 Å². The predicted octanol–water partition coefficient (Wildman–Crippen LogP) is 2.35. The van der Waals surface area contributed by atoms with Crippen molar-refractivity contribution in [2.24, 2.45) is 0 Å². The zero-order valence-electron chi connectivity index (χ0n) is 12.5. The van der Waals surface area contributed by atoms with E-state index < -0.39 is 44.0 Å². The van der Waals surface area contributed by atoms with Crippen LogP contribution in [0.25, 0.3) is 5.69 Å². The highest BCUT2D eigenvalue weighted by Gasteiger charge is 2.35. The molecule has 0 radical (unpaired) electrons. The molecule has 2 rings (SSSR count). The van der Waals surface area contributed by atoms with Gasteiger partial charge in [-0.05, 0) is 18.2 Å². The van der Waals surface area contributed by atoms with Crippen molar-refractivity contribution >= 4 is 27.4 Å². The minimum absolute atomic E-state index is 0.0798. The van der Waals surface area contributed by atoms with Crippen molar-refractivity contribution in [3.05, 3.63) is 50.9 Å². The first-order chi connectivity index (χ1) is 11.9. The lowest BCUT2D eigenvalue weighted by Crippen LogP contribution is -2.28. The van der Waals surface area contributed by atoms with Gasteiger partial charge in [0.15, 0.2) is 5.69 Å². The standard InChI is InChI=1S/C13H7ClF4N2O5S/c1-26(23,24)12-19-9(13(15,16)17)5-10(21)20(12)6-2-3-8(14)7(4-6)11(22)25-18/h2-5H,1H3. The fourth-order valence-electron chi connectivity index (χ4n) is 1.94. The molecule has 140 valence electrons. The monoisotopic (exact) mass is 414 g/mol. The summed E-state index contributed by atoms with van der Waals surface area (Å²) in [6.45, 7) is 0. The average Bonchev–Trinajstić information content (AvgIpc) is 2.52. The van der Waals surface area contributed by atoms with E-state index >= 15 is 0 Å². The predicted molar refractivity (Wildman–Crippen MR) is 79.5 cm³/mol. The molecule has 26 heavy (non-hydrogen) atoms. The Kier molecular flexibility index (Phi) is 5.10. The van der Waals surface area contributed by atoms with Gasteiger partial charge in [-0.2, -0.15) is 13.2 Å². The zero-order chi connectivity index (χ0) is 19.9. The Balaban J connectivity index is 2.87. The highest BCUT2D eigenvalue weighted by molar-refractivity contribution is 7.90. The van der Waals surface area contributed by atoms with E-state index in [9.17, 15) is 35.7 Å². The fraction of sp³-hybridized carbons (Fsp3) is 0.154. The molecule has 0 bridgehead atoms. The SMILES string of the molecule is CS(=O)(=O)c1nc(C(F)(F)F)cc(=O)n1-c1ccc(Cl)c(C(=O)OF)c1. The van der Waals surface area contributed by atoms with E-state index in [0.29, 0.717) is 10.8 Å². The van der Waals surface area contributed by atoms with Crippen molar-refractivity contribution < 1.29 is 35.9 Å². The molecule has 0 aliphatic rings. The van der Waals surface area contributed by atoms with Crippen molar-refractivity contribution in [1.29, 1.82) is 0 Å². The molecule has 0 saturated heterocycles. The highest BCUT2D eigenvalue weighted by Crippen LogP contribution is 2.28. The molecule has 0 aliphatic heterocycles. The van der Waals surface area contributed by atoms with E-state index in [1.54, 1.807) is 0 Å². The van der Waals surface area contributed by atoms with Crippen LogP contribution in [0.3, 0.4) is 0 Å². The third kappa shape index (κ3) is 3.85. The fourth-order valence-corrected chi connectivity index (χ4v) is 2.93. The van der Waals surface area contributed by atoms with E-state index in [2.05, 4.69) is 9.93 Å². The molecule has 0 amide bonds. The van der Waals surface area contributed by atoms with Crippen molar-refractivity contribution in [2.75, 3.05) is 6.26 Å². The lowest BCUT2D eigenvalue weighted by Gasteiger charge is -2.14. The first kappa shape index (κ1) is 19.8. The number of carbonyl (C=O) groups is 1. The smallest absolute Gasteiger partial charge is 0.269 e. The van der Waals surface area contributed by atoms with Gasteiger partial charge in [0.05, 0.1) is 16.3 Å². The van der Waals surface area contributed by atoms with Gasteiger partial charge >= 0.3 is 12.1 Å². The highest BCUT2D eigenvalue weighted by atomic mass is 35.5. The number of nitrogens with zero attached hydrogens (tertiary/aromatic N) is 2. The number of aromatic nitrogens is 2. The normalized spacial score (nSPS) is 12.1. The minimum Gasteiger partial charge on any atom is -0.269 e. The maximum Gasteiger partial charge on any atom is 0.433 e. The van der Waals surface area contributed by atoms with E-state index in [0.717, 1.165) is 18.2 Å². The third-order valence-corrected chi connectivity index (χ3v) is 4.27. The summed E-state index contributed by atoms with van der Waals surface area (Å²) in [4.78, 5) is 29.4. The van der Waals surface area contributed by atoms with Gasteiger partial charge in [-0.25, -0.2) is 23.1 Å². The Hall–Kier alpha value is -2.47. The summed E-state index contributed by atoms with van der Waals surface area (Å²) in [5, 5.41) is -1.52. The van der Waals surface area contributed by atoms with E-state index in [1.165, 1.54) is 0 Å². The number of benzene rings is 1. The van der Waals surface area contributed by atoms with Gasteiger partial charge in [0.1, 0.15) is 0 Å². The second-order valence-electron chi connectivity index (χ2n) is 4.90. The molecule has 0 unspecified atom stereocenters. The quantitative estimate of drug-likeness (QED) is 0.565. The Labute approximate surface area is 147 Å². The Morgan fingerprint density at radius 2 is 1.88 bits per heavy atom. The van der Waals surface area contributed by atoms with Crippen LogP contribution in [0.1, 0.15) is 16.1 Å². The molecule has 0 N–H and O–H groups in total. The summed E-state index contributed by atoms with van der Waals surface area (Å²) in [5.41, 5.74) is -4.08. The van der Waals surface area contributed by atoms with Crippen LogP contribution in [0.15, 0.2) is 34.2 Å². The lowest BCUT2D eigenvalue weighted by molar-refractivity contribution is -0.141. The minimum atomic E-state index is -5.07. The van der Waals surface area contributed by atoms with Gasteiger partial charge in [0, 0.05) is 16.8 Å². The van der Waals surface area contributed by atoms with Gasteiger partial charge in [-0.1, -0.05) is 11.6 Å². The van der Waals surface area contributed by atoms with Gasteiger partial charge in [-0.15, -0.1) is 0 Å². The topological polar surface area (TPSA) is 95.3 Å². The summed E-state index contributed by atoms with van der Waals surface area (Å²) < 4.78 is 74.5. The number of alkyl halides is 3. The maximum absolute atomic E-state index is 12.8. The van der Waals surface area contributed by atoms with Crippen LogP contribution < -0.4 is 5.56 Å². The molecule has 0 saturated carbocycles. The molecule has 13 heteroatoms. The molecule has 2 aromatic rings. The van der Waals surface area contributed by atoms with Crippen molar-refractivity contribution in [2.45, 2.75) is 11.3 Å². The average molecular weight is 415 g/mol. The van der Waals surface area contributed by atoms with E-state index in [1.807, 2.05) is 0 Å². The Morgan fingerprint density at radius 3 is 2.38 bits per heavy atom. The van der Waals surface area contributed by atoms with Crippen LogP contribution in [0.2, 0.25) is 5.02 Å². The summed E-state index contributed by atoms with van der Waals surface area (Å²) in [7, 11) is -4.41. The van der Waals surface area contributed by atoms with Gasteiger partial charge in [0.2, 0.25) is 15.0 Å². The molecule has 0 fully saturated rings. The van der Waals surface area contributed by atoms with Crippen LogP contribution in [0, 0.1) is 0 Å². The second-order valence-corrected chi connectivity index (χ2v) is 7.21. The first-order valence-electron chi connectivity index (χ1n) is 6.40. The molecule has 7 nitrogen and oxygen atoms in total. The first-order valence-corrected chi connectivity index (χ1v) is 8.67. The van der Waals surface area contributed by atoms with Gasteiger partial charge in [0.25, 0.3) is 5.56 Å². The Bertz CT molecular complexity index is 1050. The lowest BCUT2D eigenvalue weighted by atomic mass is 10.2. The molecular weight excluding hydrogens is 408 g/mol. The number of halogens is 5. The Morgan fingerprint density at radius 1 is 1.27 bits per heavy atom. The largest absolute Gasteiger partial charge is 0.433 e. The van der Waals surface area contributed by atoms with Crippen LogP contribution in [0.4, 0.5) is 17.7 Å². The molecule has 1 aromatic carbocycles. The van der Waals surface area contributed by atoms with Gasteiger partial charge < -0.3 is 0 Å². The van der Waals surface area contributed by atoms with Crippen LogP contribution in [-0.4, -0.2) is 30.2 Å². The number of hydrogen-bond donors (Lipinski definition) is 0. The molecule has 0 aliphatic carbocycles. The second kappa shape index (κ2) is 6.68. The molecule has 1 heterocycles.